The Labute approximate surface area is 138 Å². The fourth-order valence-electron chi connectivity index (χ4n) is 1.95. The molecule has 0 aromatic heterocycles. The first-order valence-corrected chi connectivity index (χ1v) is 7.32. The van der Waals surface area contributed by atoms with Gasteiger partial charge in [0.2, 0.25) is 0 Å². The lowest BCUT2D eigenvalue weighted by Gasteiger charge is -2.14. The van der Waals surface area contributed by atoms with Gasteiger partial charge in [-0.1, -0.05) is 41.4 Å². The number of aliphatic hydroxyl groups is 1. The fraction of sp³-hybridized carbons (Fsp3) is 0.188. The smallest absolute Gasteiger partial charge is 0.251 e. The van der Waals surface area contributed by atoms with Crippen LogP contribution in [0.1, 0.15) is 22.0 Å². The number of hydrogen-bond donors (Lipinski definition) is 2. The second-order valence-electron chi connectivity index (χ2n) is 4.60. The molecule has 2 rings (SSSR count). The predicted molar refractivity (Wildman–Crippen MR) is 86.7 cm³/mol. The van der Waals surface area contributed by atoms with Crippen molar-refractivity contribution in [3.05, 3.63) is 63.6 Å². The standard InChI is InChI=1S/C16H15Cl2NO3/c1-22-15-8-10(6-7-13(15)18)16(21)19-9-14(20)11-4-2-3-5-12(11)17/h2-8,14,20H,9H2,1H3,(H,19,21). The number of halogens is 2. The number of methoxy groups -OCH3 is 1. The average molecular weight is 340 g/mol. The van der Waals surface area contributed by atoms with Crippen molar-refractivity contribution in [3.8, 4) is 5.75 Å². The van der Waals surface area contributed by atoms with E-state index in [1.165, 1.54) is 7.11 Å². The van der Waals surface area contributed by atoms with Crippen LogP contribution in [0.3, 0.4) is 0 Å². The number of hydrogen-bond acceptors (Lipinski definition) is 3. The lowest BCUT2D eigenvalue weighted by atomic mass is 10.1. The zero-order chi connectivity index (χ0) is 16.1. The number of rotatable bonds is 5. The molecule has 0 aliphatic carbocycles. The molecule has 0 fully saturated rings. The van der Waals surface area contributed by atoms with E-state index in [0.717, 1.165) is 0 Å². The third kappa shape index (κ3) is 3.91. The van der Waals surface area contributed by atoms with Crippen molar-refractivity contribution in [3.63, 3.8) is 0 Å². The number of carbonyl (C=O) groups excluding carboxylic acids is 1. The highest BCUT2D eigenvalue weighted by atomic mass is 35.5. The van der Waals surface area contributed by atoms with Crippen LogP contribution in [0, 0.1) is 0 Å². The number of ether oxygens (including phenoxy) is 1. The van der Waals surface area contributed by atoms with Crippen molar-refractivity contribution in [1.29, 1.82) is 0 Å². The molecule has 2 N–H and O–H groups in total. The van der Waals surface area contributed by atoms with Crippen LogP contribution in [-0.4, -0.2) is 24.7 Å². The Bertz CT molecular complexity index is 676. The zero-order valence-corrected chi connectivity index (χ0v) is 13.4. The summed E-state index contributed by atoms with van der Waals surface area (Å²) in [4.78, 5) is 12.1. The van der Waals surface area contributed by atoms with Gasteiger partial charge in [0, 0.05) is 22.7 Å². The minimum Gasteiger partial charge on any atom is -0.495 e. The van der Waals surface area contributed by atoms with E-state index in [1.807, 2.05) is 0 Å². The molecular weight excluding hydrogens is 325 g/mol. The Hall–Kier alpha value is -1.75. The largest absolute Gasteiger partial charge is 0.495 e. The number of amides is 1. The number of nitrogens with one attached hydrogen (secondary N) is 1. The van der Waals surface area contributed by atoms with Crippen LogP contribution in [0.2, 0.25) is 10.0 Å². The Morgan fingerprint density at radius 2 is 1.95 bits per heavy atom. The second-order valence-corrected chi connectivity index (χ2v) is 5.41. The van der Waals surface area contributed by atoms with Crippen LogP contribution >= 0.6 is 23.2 Å². The highest BCUT2D eigenvalue weighted by molar-refractivity contribution is 6.32. The summed E-state index contributed by atoms with van der Waals surface area (Å²) in [5, 5.41) is 13.6. The fourth-order valence-corrected chi connectivity index (χ4v) is 2.40. The van der Waals surface area contributed by atoms with Crippen molar-refractivity contribution in [2.45, 2.75) is 6.10 Å². The molecule has 1 atom stereocenters. The first kappa shape index (κ1) is 16.6. The van der Waals surface area contributed by atoms with Gasteiger partial charge in [0.05, 0.1) is 18.2 Å². The van der Waals surface area contributed by atoms with Crippen molar-refractivity contribution in [2.75, 3.05) is 13.7 Å². The summed E-state index contributed by atoms with van der Waals surface area (Å²) in [5.74, 6) is 0.0852. The van der Waals surface area contributed by atoms with Crippen molar-refractivity contribution >= 4 is 29.1 Å². The first-order chi connectivity index (χ1) is 10.5. The van der Waals surface area contributed by atoms with Gasteiger partial charge in [-0.15, -0.1) is 0 Å². The monoisotopic (exact) mass is 339 g/mol. The Balaban J connectivity index is 2.02. The quantitative estimate of drug-likeness (QED) is 0.876. The number of aliphatic hydroxyl groups excluding tert-OH is 1. The molecule has 4 nitrogen and oxygen atoms in total. The van der Waals surface area contributed by atoms with Gasteiger partial charge in [-0.05, 0) is 24.3 Å². The van der Waals surface area contributed by atoms with E-state index in [9.17, 15) is 9.90 Å². The van der Waals surface area contributed by atoms with E-state index in [0.29, 0.717) is 26.9 Å². The van der Waals surface area contributed by atoms with Gasteiger partial charge in [-0.2, -0.15) is 0 Å². The molecule has 6 heteroatoms. The Morgan fingerprint density at radius 3 is 2.64 bits per heavy atom. The zero-order valence-electron chi connectivity index (χ0n) is 11.8. The maximum Gasteiger partial charge on any atom is 0.251 e. The normalized spacial score (nSPS) is 11.8. The molecule has 0 aliphatic rings. The number of carbonyl (C=O) groups is 1. The second kappa shape index (κ2) is 7.49. The topological polar surface area (TPSA) is 58.6 Å². The lowest BCUT2D eigenvalue weighted by molar-refractivity contribution is 0.0916. The summed E-state index contributed by atoms with van der Waals surface area (Å²) < 4.78 is 5.07. The van der Waals surface area contributed by atoms with Crippen molar-refractivity contribution < 1.29 is 14.6 Å². The summed E-state index contributed by atoms with van der Waals surface area (Å²) in [6, 6.07) is 11.7. The van der Waals surface area contributed by atoms with Crippen LogP contribution < -0.4 is 10.1 Å². The van der Waals surface area contributed by atoms with Crippen molar-refractivity contribution in [1.82, 2.24) is 5.32 Å². The third-order valence-corrected chi connectivity index (χ3v) is 3.79. The van der Waals surface area contributed by atoms with Gasteiger partial charge in [0.25, 0.3) is 5.91 Å². The minimum atomic E-state index is -0.883. The first-order valence-electron chi connectivity index (χ1n) is 6.57. The maximum absolute atomic E-state index is 12.1. The van der Waals surface area contributed by atoms with E-state index in [-0.39, 0.29) is 12.5 Å². The van der Waals surface area contributed by atoms with E-state index in [4.69, 9.17) is 27.9 Å². The maximum atomic E-state index is 12.1. The average Bonchev–Trinajstić information content (AvgIpc) is 2.53. The number of benzene rings is 2. The molecule has 0 spiro atoms. The summed E-state index contributed by atoms with van der Waals surface area (Å²) in [7, 11) is 1.48. The van der Waals surface area contributed by atoms with Gasteiger partial charge < -0.3 is 15.2 Å². The van der Waals surface area contributed by atoms with Gasteiger partial charge in [-0.3, -0.25) is 4.79 Å². The van der Waals surface area contributed by atoms with E-state index >= 15 is 0 Å². The molecule has 1 amide bonds. The summed E-state index contributed by atoms with van der Waals surface area (Å²) in [6.07, 6.45) is -0.883. The Kier molecular flexibility index (Phi) is 5.66. The molecule has 1 unspecified atom stereocenters. The van der Waals surface area contributed by atoms with Gasteiger partial charge >= 0.3 is 0 Å². The minimum absolute atomic E-state index is 0.0491. The third-order valence-electron chi connectivity index (χ3n) is 3.13. The molecule has 0 radical (unpaired) electrons. The molecule has 2 aromatic carbocycles. The van der Waals surface area contributed by atoms with E-state index in [1.54, 1.807) is 42.5 Å². The molecule has 0 saturated heterocycles. The SMILES string of the molecule is COc1cc(C(=O)NCC(O)c2ccccc2Cl)ccc1Cl. The Morgan fingerprint density at radius 1 is 1.23 bits per heavy atom. The van der Waals surface area contributed by atoms with Crippen LogP contribution in [0.25, 0.3) is 0 Å². The summed E-state index contributed by atoms with van der Waals surface area (Å²) in [6.45, 7) is 0.0491. The van der Waals surface area contributed by atoms with Crippen LogP contribution in [-0.2, 0) is 0 Å². The highest BCUT2D eigenvalue weighted by Crippen LogP contribution is 2.25. The highest BCUT2D eigenvalue weighted by Gasteiger charge is 2.14. The van der Waals surface area contributed by atoms with Crippen molar-refractivity contribution in [2.24, 2.45) is 0 Å². The lowest BCUT2D eigenvalue weighted by Crippen LogP contribution is -2.28. The molecule has 0 heterocycles. The van der Waals surface area contributed by atoms with Crippen LogP contribution in [0.4, 0.5) is 0 Å². The predicted octanol–water partition coefficient (Wildman–Crippen LogP) is 3.47. The summed E-state index contributed by atoms with van der Waals surface area (Å²) in [5.41, 5.74) is 0.964. The molecule has 22 heavy (non-hydrogen) atoms. The molecule has 2 aromatic rings. The molecule has 0 bridgehead atoms. The molecule has 116 valence electrons. The van der Waals surface area contributed by atoms with Crippen LogP contribution in [0.5, 0.6) is 5.75 Å². The summed E-state index contributed by atoms with van der Waals surface area (Å²) >= 11 is 11.9. The molecule has 0 saturated carbocycles. The van der Waals surface area contributed by atoms with Gasteiger partial charge in [-0.25, -0.2) is 0 Å². The van der Waals surface area contributed by atoms with E-state index < -0.39 is 6.10 Å². The molecular formula is C16H15Cl2NO3. The van der Waals surface area contributed by atoms with Gasteiger partial charge in [0.1, 0.15) is 5.75 Å². The van der Waals surface area contributed by atoms with E-state index in [2.05, 4.69) is 5.32 Å². The van der Waals surface area contributed by atoms with Crippen LogP contribution in [0.15, 0.2) is 42.5 Å². The van der Waals surface area contributed by atoms with Gasteiger partial charge in [0.15, 0.2) is 0 Å². The molecule has 0 aliphatic heterocycles.